The van der Waals surface area contributed by atoms with E-state index in [0.29, 0.717) is 12.5 Å². The molecule has 1 amide bonds. The van der Waals surface area contributed by atoms with E-state index in [1.807, 2.05) is 16.2 Å². The summed E-state index contributed by atoms with van der Waals surface area (Å²) in [6.45, 7) is 5.47. The lowest BCUT2D eigenvalue weighted by atomic mass is 10.1. The van der Waals surface area contributed by atoms with Gasteiger partial charge in [-0.1, -0.05) is 0 Å². The Kier molecular flexibility index (Phi) is 4.38. The third kappa shape index (κ3) is 3.22. The molecule has 1 aromatic heterocycles. The SMILES string of the molecule is CN1CCC(CNCC(=O)N2CCc3sccc3C2)C1. The molecule has 3 rings (SSSR count). The molecule has 0 radical (unpaired) electrons. The number of hydrogen-bond acceptors (Lipinski definition) is 4. The number of thiophene rings is 1. The number of nitrogens with one attached hydrogen (secondary N) is 1. The van der Waals surface area contributed by atoms with Gasteiger partial charge in [0.2, 0.25) is 5.91 Å². The Morgan fingerprint density at radius 2 is 2.40 bits per heavy atom. The van der Waals surface area contributed by atoms with Crippen LogP contribution in [0.4, 0.5) is 0 Å². The van der Waals surface area contributed by atoms with Gasteiger partial charge in [-0.3, -0.25) is 4.79 Å². The summed E-state index contributed by atoms with van der Waals surface area (Å²) >= 11 is 1.82. The van der Waals surface area contributed by atoms with Crippen LogP contribution >= 0.6 is 11.3 Å². The molecule has 0 saturated carbocycles. The number of hydrogen-bond donors (Lipinski definition) is 1. The first-order valence-electron chi connectivity index (χ1n) is 7.44. The molecule has 1 aromatic rings. The fourth-order valence-electron chi connectivity index (χ4n) is 3.15. The fourth-order valence-corrected chi connectivity index (χ4v) is 4.04. The molecule has 1 atom stereocenters. The zero-order chi connectivity index (χ0) is 13.9. The Bertz CT molecular complexity index is 473. The van der Waals surface area contributed by atoms with Crippen LogP contribution < -0.4 is 5.32 Å². The first-order chi connectivity index (χ1) is 9.72. The van der Waals surface area contributed by atoms with Gasteiger partial charge in [0.15, 0.2) is 0 Å². The molecule has 2 aliphatic heterocycles. The van der Waals surface area contributed by atoms with E-state index in [2.05, 4.69) is 28.7 Å². The highest BCUT2D eigenvalue weighted by molar-refractivity contribution is 7.10. The largest absolute Gasteiger partial charge is 0.337 e. The molecule has 2 aliphatic rings. The molecule has 20 heavy (non-hydrogen) atoms. The minimum atomic E-state index is 0.244. The maximum Gasteiger partial charge on any atom is 0.236 e. The van der Waals surface area contributed by atoms with Gasteiger partial charge in [-0.25, -0.2) is 0 Å². The number of amides is 1. The first kappa shape index (κ1) is 14.0. The van der Waals surface area contributed by atoms with Crippen molar-refractivity contribution in [2.24, 2.45) is 5.92 Å². The molecule has 1 saturated heterocycles. The van der Waals surface area contributed by atoms with E-state index in [9.17, 15) is 4.79 Å². The van der Waals surface area contributed by atoms with Crippen molar-refractivity contribution in [2.75, 3.05) is 39.8 Å². The van der Waals surface area contributed by atoms with E-state index in [4.69, 9.17) is 0 Å². The number of nitrogens with zero attached hydrogens (tertiary/aromatic N) is 2. The molecule has 5 heteroatoms. The van der Waals surface area contributed by atoms with Gasteiger partial charge in [-0.05, 0) is 55.9 Å². The van der Waals surface area contributed by atoms with Crippen LogP contribution in [0.1, 0.15) is 16.9 Å². The minimum absolute atomic E-state index is 0.244. The first-order valence-corrected chi connectivity index (χ1v) is 8.32. The van der Waals surface area contributed by atoms with Gasteiger partial charge in [0.1, 0.15) is 0 Å². The lowest BCUT2D eigenvalue weighted by Crippen LogP contribution is -2.41. The summed E-state index contributed by atoms with van der Waals surface area (Å²) in [6.07, 6.45) is 2.27. The number of carbonyl (C=O) groups excluding carboxylic acids is 1. The predicted molar refractivity (Wildman–Crippen MR) is 81.9 cm³/mol. The highest BCUT2D eigenvalue weighted by Gasteiger charge is 2.22. The van der Waals surface area contributed by atoms with Gasteiger partial charge in [0, 0.05) is 24.5 Å². The van der Waals surface area contributed by atoms with E-state index in [1.54, 1.807) is 0 Å². The van der Waals surface area contributed by atoms with Crippen molar-refractivity contribution in [3.63, 3.8) is 0 Å². The summed E-state index contributed by atoms with van der Waals surface area (Å²) in [4.78, 5) is 18.0. The van der Waals surface area contributed by atoms with Gasteiger partial charge in [-0.2, -0.15) is 0 Å². The maximum atomic E-state index is 12.2. The molecule has 1 fully saturated rings. The summed E-state index contributed by atoms with van der Waals surface area (Å²) in [6, 6.07) is 2.15. The van der Waals surface area contributed by atoms with Crippen LogP contribution in [-0.2, 0) is 17.8 Å². The minimum Gasteiger partial charge on any atom is -0.337 e. The molecule has 0 aromatic carbocycles. The lowest BCUT2D eigenvalue weighted by Gasteiger charge is -2.27. The second-order valence-electron chi connectivity index (χ2n) is 5.98. The van der Waals surface area contributed by atoms with E-state index in [0.717, 1.165) is 32.6 Å². The third-order valence-electron chi connectivity index (χ3n) is 4.36. The number of fused-ring (bicyclic) bond motifs is 1. The summed E-state index contributed by atoms with van der Waals surface area (Å²) in [7, 11) is 2.16. The molecular formula is C15H23N3OS. The van der Waals surface area contributed by atoms with Crippen LogP contribution in [0.5, 0.6) is 0 Å². The molecule has 0 aliphatic carbocycles. The van der Waals surface area contributed by atoms with Gasteiger partial charge in [0.05, 0.1) is 6.54 Å². The van der Waals surface area contributed by atoms with Crippen LogP contribution in [0.25, 0.3) is 0 Å². The Hall–Kier alpha value is -0.910. The monoisotopic (exact) mass is 293 g/mol. The quantitative estimate of drug-likeness (QED) is 0.905. The average molecular weight is 293 g/mol. The van der Waals surface area contributed by atoms with Crippen LogP contribution in [0.3, 0.4) is 0 Å². The Morgan fingerprint density at radius 1 is 1.50 bits per heavy atom. The van der Waals surface area contributed by atoms with Crippen LogP contribution in [-0.4, -0.2) is 55.5 Å². The third-order valence-corrected chi connectivity index (χ3v) is 5.38. The Morgan fingerprint density at radius 3 is 3.20 bits per heavy atom. The van der Waals surface area contributed by atoms with Crippen molar-refractivity contribution in [3.8, 4) is 0 Å². The molecule has 0 bridgehead atoms. The molecule has 3 heterocycles. The normalized spacial score (nSPS) is 23.1. The van der Waals surface area contributed by atoms with E-state index >= 15 is 0 Å². The smallest absolute Gasteiger partial charge is 0.236 e. The number of likely N-dealkylation sites (tertiary alicyclic amines) is 1. The molecule has 4 nitrogen and oxygen atoms in total. The van der Waals surface area contributed by atoms with Crippen LogP contribution in [0, 0.1) is 5.92 Å². The van der Waals surface area contributed by atoms with Crippen molar-refractivity contribution in [1.29, 1.82) is 0 Å². The van der Waals surface area contributed by atoms with Crippen LogP contribution in [0.15, 0.2) is 11.4 Å². The second-order valence-corrected chi connectivity index (χ2v) is 6.98. The van der Waals surface area contributed by atoms with Gasteiger partial charge < -0.3 is 15.1 Å². The van der Waals surface area contributed by atoms with Gasteiger partial charge >= 0.3 is 0 Å². The van der Waals surface area contributed by atoms with Gasteiger partial charge in [-0.15, -0.1) is 11.3 Å². The molecular weight excluding hydrogens is 270 g/mol. The number of rotatable bonds is 4. The van der Waals surface area contributed by atoms with Gasteiger partial charge in [0.25, 0.3) is 0 Å². The van der Waals surface area contributed by atoms with Crippen molar-refractivity contribution in [3.05, 3.63) is 21.9 Å². The highest BCUT2D eigenvalue weighted by atomic mass is 32.1. The lowest BCUT2D eigenvalue weighted by molar-refractivity contribution is -0.131. The van der Waals surface area contributed by atoms with Crippen molar-refractivity contribution in [2.45, 2.75) is 19.4 Å². The van der Waals surface area contributed by atoms with Crippen molar-refractivity contribution >= 4 is 17.2 Å². The summed E-state index contributed by atoms with van der Waals surface area (Å²) < 4.78 is 0. The summed E-state index contributed by atoms with van der Waals surface area (Å²) in [5, 5.41) is 5.48. The highest BCUT2D eigenvalue weighted by Crippen LogP contribution is 2.23. The topological polar surface area (TPSA) is 35.6 Å². The Balaban J connectivity index is 1.41. The van der Waals surface area contributed by atoms with E-state index in [1.165, 1.54) is 23.4 Å². The van der Waals surface area contributed by atoms with Crippen molar-refractivity contribution in [1.82, 2.24) is 15.1 Å². The summed E-state index contributed by atoms with van der Waals surface area (Å²) in [5.74, 6) is 0.950. The fraction of sp³-hybridized carbons (Fsp3) is 0.667. The van der Waals surface area contributed by atoms with Crippen molar-refractivity contribution < 1.29 is 4.79 Å². The standard InChI is InChI=1S/C15H23N3OS/c1-17-5-2-12(10-17)8-16-9-15(19)18-6-3-14-13(11-18)4-7-20-14/h4,7,12,16H,2-3,5-6,8-11H2,1H3. The molecule has 1 unspecified atom stereocenters. The molecule has 1 N–H and O–H groups in total. The molecule has 110 valence electrons. The van der Waals surface area contributed by atoms with Crippen LogP contribution in [0.2, 0.25) is 0 Å². The number of carbonyl (C=O) groups is 1. The predicted octanol–water partition coefficient (Wildman–Crippen LogP) is 1.17. The maximum absolute atomic E-state index is 12.2. The van der Waals surface area contributed by atoms with E-state index < -0.39 is 0 Å². The average Bonchev–Trinajstić information content (AvgIpc) is 3.06. The Labute approximate surface area is 124 Å². The molecule has 0 spiro atoms. The second kappa shape index (κ2) is 6.24. The summed E-state index contributed by atoms with van der Waals surface area (Å²) in [5.41, 5.74) is 1.34. The van der Waals surface area contributed by atoms with E-state index in [-0.39, 0.29) is 5.91 Å². The zero-order valence-electron chi connectivity index (χ0n) is 12.1. The zero-order valence-corrected chi connectivity index (χ0v) is 12.9.